The Labute approximate surface area is 170 Å². The van der Waals surface area contributed by atoms with E-state index in [0.717, 1.165) is 27.4 Å². The summed E-state index contributed by atoms with van der Waals surface area (Å²) < 4.78 is 27.9. The van der Waals surface area contributed by atoms with Gasteiger partial charge in [-0.1, -0.05) is 23.7 Å². The van der Waals surface area contributed by atoms with Gasteiger partial charge in [0.25, 0.3) is 5.91 Å². The van der Waals surface area contributed by atoms with Gasteiger partial charge >= 0.3 is 0 Å². The van der Waals surface area contributed by atoms with Gasteiger partial charge in [0.2, 0.25) is 0 Å². The van der Waals surface area contributed by atoms with Crippen molar-refractivity contribution in [2.45, 2.75) is 13.0 Å². The second-order valence-corrected chi connectivity index (χ2v) is 8.24. The number of fused-ring (bicyclic) bond motifs is 1. The molecule has 1 aromatic heterocycles. The molecule has 1 fully saturated rings. The van der Waals surface area contributed by atoms with Crippen LogP contribution in [0.3, 0.4) is 0 Å². The standard InChI is InChI=1S/C20H18ClF2N3OS/c1-12(19-24-17-4-2-3-5-18(17)28-19)25-6-8-26(9-7-25)20(27)13-10-15(22)16(23)11-14(13)21/h2-5,10-12H,6-9H2,1H3. The molecule has 0 aliphatic carbocycles. The third kappa shape index (κ3) is 3.62. The third-order valence-corrected chi connectivity index (χ3v) is 6.58. The Morgan fingerprint density at radius 2 is 1.82 bits per heavy atom. The van der Waals surface area contributed by atoms with Gasteiger partial charge < -0.3 is 4.90 Å². The maximum atomic E-state index is 13.5. The van der Waals surface area contributed by atoms with Crippen molar-refractivity contribution < 1.29 is 13.6 Å². The molecule has 3 aromatic rings. The monoisotopic (exact) mass is 421 g/mol. The Morgan fingerprint density at radius 3 is 2.54 bits per heavy atom. The van der Waals surface area contributed by atoms with Crippen LogP contribution in [0.4, 0.5) is 8.78 Å². The third-order valence-electron chi connectivity index (χ3n) is 5.06. The first-order valence-corrected chi connectivity index (χ1v) is 10.2. The zero-order valence-electron chi connectivity index (χ0n) is 15.2. The largest absolute Gasteiger partial charge is 0.336 e. The molecule has 2 heterocycles. The van der Waals surface area contributed by atoms with E-state index in [1.54, 1.807) is 16.2 Å². The van der Waals surface area contributed by atoms with E-state index >= 15 is 0 Å². The molecule has 0 spiro atoms. The number of rotatable bonds is 3. The molecule has 0 bridgehead atoms. The summed E-state index contributed by atoms with van der Waals surface area (Å²) in [5.74, 6) is -2.51. The molecule has 28 heavy (non-hydrogen) atoms. The molecule has 2 aromatic carbocycles. The van der Waals surface area contributed by atoms with E-state index < -0.39 is 11.6 Å². The Balaban J connectivity index is 1.44. The van der Waals surface area contributed by atoms with Gasteiger partial charge in [-0.3, -0.25) is 9.69 Å². The summed E-state index contributed by atoms with van der Waals surface area (Å²) >= 11 is 7.62. The minimum absolute atomic E-state index is 0.00626. The van der Waals surface area contributed by atoms with Crippen molar-refractivity contribution in [1.82, 2.24) is 14.8 Å². The van der Waals surface area contributed by atoms with Crippen LogP contribution in [0, 0.1) is 11.6 Å². The van der Waals surface area contributed by atoms with Gasteiger partial charge in [0, 0.05) is 26.2 Å². The Kier molecular flexibility index (Phi) is 5.31. The first-order valence-electron chi connectivity index (χ1n) is 8.97. The van der Waals surface area contributed by atoms with Crippen LogP contribution in [0.1, 0.15) is 28.3 Å². The van der Waals surface area contributed by atoms with E-state index in [4.69, 9.17) is 16.6 Å². The van der Waals surface area contributed by atoms with E-state index in [1.165, 1.54) is 0 Å². The Bertz CT molecular complexity index is 1000. The molecule has 1 aliphatic rings. The van der Waals surface area contributed by atoms with Crippen LogP contribution < -0.4 is 0 Å². The molecule has 1 saturated heterocycles. The Hall–Kier alpha value is -2.09. The molecule has 4 rings (SSSR count). The molecule has 1 aliphatic heterocycles. The molecular weight excluding hydrogens is 404 g/mol. The van der Waals surface area contributed by atoms with Crippen LogP contribution in [0.25, 0.3) is 10.2 Å². The predicted octanol–water partition coefficient (Wildman–Crippen LogP) is 4.75. The number of hydrogen-bond acceptors (Lipinski definition) is 4. The van der Waals surface area contributed by atoms with Crippen LogP contribution in [0.15, 0.2) is 36.4 Å². The van der Waals surface area contributed by atoms with E-state index in [-0.39, 0.29) is 22.5 Å². The highest BCUT2D eigenvalue weighted by Crippen LogP contribution is 2.30. The van der Waals surface area contributed by atoms with Crippen molar-refractivity contribution in [2.24, 2.45) is 0 Å². The summed E-state index contributed by atoms with van der Waals surface area (Å²) in [6.07, 6.45) is 0. The van der Waals surface area contributed by atoms with E-state index in [1.807, 2.05) is 18.2 Å². The second kappa shape index (κ2) is 7.73. The lowest BCUT2D eigenvalue weighted by molar-refractivity contribution is 0.0581. The molecule has 0 saturated carbocycles. The molecular formula is C20H18ClF2N3OS. The number of para-hydroxylation sites is 1. The first kappa shape index (κ1) is 19.2. The zero-order chi connectivity index (χ0) is 19.8. The Morgan fingerprint density at radius 1 is 1.14 bits per heavy atom. The number of amides is 1. The van der Waals surface area contributed by atoms with E-state index in [9.17, 15) is 13.6 Å². The highest BCUT2D eigenvalue weighted by molar-refractivity contribution is 7.18. The average Bonchev–Trinajstić information content (AvgIpc) is 3.14. The lowest BCUT2D eigenvalue weighted by Crippen LogP contribution is -2.49. The molecule has 1 unspecified atom stereocenters. The van der Waals surface area contributed by atoms with Crippen molar-refractivity contribution >= 4 is 39.1 Å². The summed E-state index contributed by atoms with van der Waals surface area (Å²) in [5, 5.41) is 0.971. The van der Waals surface area contributed by atoms with Crippen molar-refractivity contribution in [3.63, 3.8) is 0 Å². The highest BCUT2D eigenvalue weighted by atomic mass is 35.5. The average molecular weight is 422 g/mol. The van der Waals surface area contributed by atoms with Gasteiger partial charge in [-0.25, -0.2) is 13.8 Å². The number of benzene rings is 2. The molecule has 0 radical (unpaired) electrons. The number of carbonyl (C=O) groups excluding carboxylic acids is 1. The normalized spacial score (nSPS) is 16.5. The van der Waals surface area contributed by atoms with Crippen LogP contribution in [-0.2, 0) is 0 Å². The number of carbonyl (C=O) groups is 1. The van der Waals surface area contributed by atoms with Crippen LogP contribution in [0.5, 0.6) is 0 Å². The van der Waals surface area contributed by atoms with Gasteiger partial charge in [0.1, 0.15) is 5.01 Å². The fraction of sp³-hybridized carbons (Fsp3) is 0.300. The van der Waals surface area contributed by atoms with Gasteiger partial charge in [-0.05, 0) is 31.2 Å². The van der Waals surface area contributed by atoms with Crippen molar-refractivity contribution in [3.8, 4) is 0 Å². The summed E-state index contributed by atoms with van der Waals surface area (Å²) in [6, 6.07) is 9.90. The fourth-order valence-corrected chi connectivity index (χ4v) is 4.68. The summed E-state index contributed by atoms with van der Waals surface area (Å²) in [5.41, 5.74) is 0.990. The maximum absolute atomic E-state index is 13.5. The number of nitrogens with zero attached hydrogens (tertiary/aromatic N) is 3. The summed E-state index contributed by atoms with van der Waals surface area (Å²) in [7, 11) is 0. The second-order valence-electron chi connectivity index (χ2n) is 6.77. The summed E-state index contributed by atoms with van der Waals surface area (Å²) in [4.78, 5) is 21.3. The first-order chi connectivity index (χ1) is 13.4. The van der Waals surface area contributed by atoms with Crippen LogP contribution >= 0.6 is 22.9 Å². The van der Waals surface area contributed by atoms with Gasteiger partial charge in [0.15, 0.2) is 11.6 Å². The smallest absolute Gasteiger partial charge is 0.255 e. The molecule has 146 valence electrons. The molecule has 1 amide bonds. The minimum atomic E-state index is -1.07. The van der Waals surface area contributed by atoms with E-state index in [0.29, 0.717) is 26.2 Å². The summed E-state index contributed by atoms with van der Waals surface area (Å²) in [6.45, 7) is 4.43. The number of halogens is 3. The fourth-order valence-electron chi connectivity index (χ4n) is 3.39. The molecule has 1 atom stereocenters. The van der Waals surface area contributed by atoms with Gasteiger partial charge in [-0.2, -0.15) is 0 Å². The predicted molar refractivity (Wildman–Crippen MR) is 107 cm³/mol. The lowest BCUT2D eigenvalue weighted by Gasteiger charge is -2.37. The zero-order valence-corrected chi connectivity index (χ0v) is 16.7. The lowest BCUT2D eigenvalue weighted by atomic mass is 10.1. The van der Waals surface area contributed by atoms with Crippen LogP contribution in [0.2, 0.25) is 5.02 Å². The molecule has 8 heteroatoms. The minimum Gasteiger partial charge on any atom is -0.336 e. The quantitative estimate of drug-likeness (QED) is 0.573. The topological polar surface area (TPSA) is 36.4 Å². The van der Waals surface area contributed by atoms with Gasteiger partial charge in [0.05, 0.1) is 26.8 Å². The number of piperazine rings is 1. The molecule has 0 N–H and O–H groups in total. The van der Waals surface area contributed by atoms with Crippen molar-refractivity contribution in [1.29, 1.82) is 0 Å². The van der Waals surface area contributed by atoms with Crippen LogP contribution in [-0.4, -0.2) is 46.9 Å². The SMILES string of the molecule is CC(c1nc2ccccc2s1)N1CCN(C(=O)c2cc(F)c(F)cc2Cl)CC1. The number of aromatic nitrogens is 1. The highest BCUT2D eigenvalue weighted by Gasteiger charge is 2.28. The number of hydrogen-bond donors (Lipinski definition) is 0. The van der Waals surface area contributed by atoms with Gasteiger partial charge in [-0.15, -0.1) is 11.3 Å². The van der Waals surface area contributed by atoms with Crippen molar-refractivity contribution in [3.05, 3.63) is 63.6 Å². The van der Waals surface area contributed by atoms with Crippen molar-refractivity contribution in [2.75, 3.05) is 26.2 Å². The maximum Gasteiger partial charge on any atom is 0.255 e. The number of thiazole rings is 1. The van der Waals surface area contributed by atoms with E-state index in [2.05, 4.69) is 17.9 Å². The molecule has 4 nitrogen and oxygen atoms in total.